The Morgan fingerprint density at radius 2 is 2.15 bits per heavy atom. The molecular weight excluding hydrogens is 281 g/mol. The van der Waals surface area contributed by atoms with Crippen LogP contribution in [0.5, 0.6) is 5.75 Å². The molecule has 20 heavy (non-hydrogen) atoms. The first-order valence-electron chi connectivity index (χ1n) is 6.18. The zero-order chi connectivity index (χ0) is 14.4. The lowest BCUT2D eigenvalue weighted by molar-refractivity contribution is 0.0950. The van der Waals surface area contributed by atoms with Crippen molar-refractivity contribution in [3.05, 3.63) is 40.7 Å². The molecule has 7 heteroatoms. The van der Waals surface area contributed by atoms with Crippen molar-refractivity contribution in [1.82, 2.24) is 14.9 Å². The van der Waals surface area contributed by atoms with Gasteiger partial charge in [0.25, 0.3) is 5.91 Å². The molecule has 0 atom stereocenters. The van der Waals surface area contributed by atoms with Gasteiger partial charge in [-0.2, -0.15) is 0 Å². The summed E-state index contributed by atoms with van der Waals surface area (Å²) < 4.78 is 21.8. The van der Waals surface area contributed by atoms with E-state index in [4.69, 9.17) is 4.74 Å². The van der Waals surface area contributed by atoms with Gasteiger partial charge in [-0.25, -0.2) is 4.39 Å². The van der Waals surface area contributed by atoms with E-state index >= 15 is 0 Å². The highest BCUT2D eigenvalue weighted by Crippen LogP contribution is 2.11. The molecule has 2 aromatic rings. The van der Waals surface area contributed by atoms with Crippen LogP contribution in [0.1, 0.15) is 22.3 Å². The van der Waals surface area contributed by atoms with Crippen molar-refractivity contribution in [1.29, 1.82) is 0 Å². The maximum atomic E-state index is 12.7. The average Bonchev–Trinajstić information content (AvgIpc) is 2.94. The molecule has 0 fully saturated rings. The molecule has 0 aliphatic carbocycles. The van der Waals surface area contributed by atoms with Crippen molar-refractivity contribution in [2.45, 2.75) is 13.3 Å². The predicted molar refractivity (Wildman–Crippen MR) is 73.5 cm³/mol. The molecule has 0 bridgehead atoms. The van der Waals surface area contributed by atoms with Gasteiger partial charge in [-0.3, -0.25) is 4.79 Å². The van der Waals surface area contributed by atoms with Crippen LogP contribution >= 0.6 is 11.5 Å². The first-order valence-corrected chi connectivity index (χ1v) is 6.96. The van der Waals surface area contributed by atoms with E-state index in [0.29, 0.717) is 35.9 Å². The largest absolute Gasteiger partial charge is 0.492 e. The molecule has 0 saturated heterocycles. The number of hydrogen-bond acceptors (Lipinski definition) is 5. The molecule has 0 radical (unpaired) electrons. The molecule has 1 aromatic heterocycles. The molecule has 5 nitrogen and oxygen atoms in total. The number of amides is 1. The lowest BCUT2D eigenvalue weighted by Crippen LogP contribution is -2.28. The number of ether oxygens (including phenoxy) is 1. The van der Waals surface area contributed by atoms with Crippen molar-refractivity contribution in [3.63, 3.8) is 0 Å². The second kappa shape index (κ2) is 6.95. The van der Waals surface area contributed by atoms with Crippen molar-refractivity contribution in [3.8, 4) is 5.75 Å². The Balaban J connectivity index is 1.76. The molecule has 1 aromatic carbocycles. The Kier molecular flexibility index (Phi) is 5.00. The van der Waals surface area contributed by atoms with Crippen LogP contribution in [0.15, 0.2) is 24.3 Å². The van der Waals surface area contributed by atoms with Crippen molar-refractivity contribution in [2.24, 2.45) is 0 Å². The van der Waals surface area contributed by atoms with Gasteiger partial charge in [-0.15, -0.1) is 5.10 Å². The number of carbonyl (C=O) groups is 1. The highest BCUT2D eigenvalue weighted by molar-refractivity contribution is 7.08. The maximum absolute atomic E-state index is 12.7. The first-order chi connectivity index (χ1) is 9.70. The summed E-state index contributed by atoms with van der Waals surface area (Å²) >= 11 is 1.08. The molecule has 1 N–H and O–H groups in total. The molecule has 0 spiro atoms. The minimum absolute atomic E-state index is 0.195. The number of rotatable bonds is 6. The van der Waals surface area contributed by atoms with Gasteiger partial charge in [-0.1, -0.05) is 11.4 Å². The fourth-order valence-electron chi connectivity index (χ4n) is 1.56. The molecule has 0 unspecified atom stereocenters. The molecular formula is C13H14FN3O2S. The van der Waals surface area contributed by atoms with Crippen LogP contribution in [0, 0.1) is 5.82 Å². The third-order valence-electron chi connectivity index (χ3n) is 2.57. The smallest absolute Gasteiger partial charge is 0.265 e. The number of hydrogen-bond donors (Lipinski definition) is 1. The highest BCUT2D eigenvalue weighted by Gasteiger charge is 2.14. The SMILES string of the molecule is CCc1nnsc1C(=O)NCCOc1ccc(F)cc1. The number of benzene rings is 1. The van der Waals surface area contributed by atoms with Crippen LogP contribution in [-0.2, 0) is 6.42 Å². The minimum Gasteiger partial charge on any atom is -0.492 e. The highest BCUT2D eigenvalue weighted by atomic mass is 32.1. The van der Waals surface area contributed by atoms with Crippen molar-refractivity contribution < 1.29 is 13.9 Å². The molecule has 0 aliphatic heterocycles. The summed E-state index contributed by atoms with van der Waals surface area (Å²) in [5, 5.41) is 6.61. The quantitative estimate of drug-likeness (QED) is 0.828. The number of nitrogens with zero attached hydrogens (tertiary/aromatic N) is 2. The zero-order valence-corrected chi connectivity index (χ0v) is 11.7. The van der Waals surface area contributed by atoms with Crippen LogP contribution in [-0.4, -0.2) is 28.6 Å². The van der Waals surface area contributed by atoms with Gasteiger partial charge in [0.05, 0.1) is 12.2 Å². The van der Waals surface area contributed by atoms with Gasteiger partial charge < -0.3 is 10.1 Å². The normalized spacial score (nSPS) is 10.3. The zero-order valence-electron chi connectivity index (χ0n) is 10.9. The molecule has 1 heterocycles. The molecule has 106 valence electrons. The molecule has 1 amide bonds. The van der Waals surface area contributed by atoms with Crippen LogP contribution < -0.4 is 10.1 Å². The monoisotopic (exact) mass is 295 g/mol. The average molecular weight is 295 g/mol. The number of aryl methyl sites for hydroxylation is 1. The molecule has 2 rings (SSSR count). The first kappa shape index (κ1) is 14.4. The number of aromatic nitrogens is 2. The van der Waals surface area contributed by atoms with Gasteiger partial charge in [0, 0.05) is 0 Å². The van der Waals surface area contributed by atoms with E-state index in [9.17, 15) is 9.18 Å². The fraction of sp³-hybridized carbons (Fsp3) is 0.308. The van der Waals surface area contributed by atoms with Crippen molar-refractivity contribution in [2.75, 3.05) is 13.2 Å². The third-order valence-corrected chi connectivity index (χ3v) is 3.33. The van der Waals surface area contributed by atoms with Crippen LogP contribution in [0.2, 0.25) is 0 Å². The second-order valence-electron chi connectivity index (χ2n) is 3.96. The summed E-state index contributed by atoms with van der Waals surface area (Å²) in [6, 6.07) is 5.73. The van der Waals surface area contributed by atoms with Gasteiger partial charge in [0.1, 0.15) is 23.1 Å². The number of nitrogens with one attached hydrogen (secondary N) is 1. The standard InChI is InChI=1S/C13H14FN3O2S/c1-2-11-12(20-17-16-11)13(18)15-7-8-19-10-5-3-9(14)4-6-10/h3-6H,2,7-8H2,1H3,(H,15,18). The van der Waals surface area contributed by atoms with Crippen LogP contribution in [0.25, 0.3) is 0 Å². The second-order valence-corrected chi connectivity index (χ2v) is 4.71. The van der Waals surface area contributed by atoms with Crippen molar-refractivity contribution >= 4 is 17.4 Å². The summed E-state index contributed by atoms with van der Waals surface area (Å²) in [5.74, 6) is 0.0596. The summed E-state index contributed by atoms with van der Waals surface area (Å²) in [6.45, 7) is 2.59. The van der Waals surface area contributed by atoms with Crippen LogP contribution in [0.3, 0.4) is 0 Å². The fourth-order valence-corrected chi connectivity index (χ4v) is 2.22. The lowest BCUT2D eigenvalue weighted by atomic mass is 10.3. The number of carbonyl (C=O) groups excluding carboxylic acids is 1. The summed E-state index contributed by atoms with van der Waals surface area (Å²) in [7, 11) is 0. The summed E-state index contributed by atoms with van der Waals surface area (Å²) in [5.41, 5.74) is 0.701. The Morgan fingerprint density at radius 3 is 2.85 bits per heavy atom. The van der Waals surface area contributed by atoms with E-state index in [1.165, 1.54) is 12.1 Å². The summed E-state index contributed by atoms with van der Waals surface area (Å²) in [6.07, 6.45) is 0.672. The summed E-state index contributed by atoms with van der Waals surface area (Å²) in [4.78, 5) is 12.4. The van der Waals surface area contributed by atoms with E-state index in [-0.39, 0.29) is 11.7 Å². The minimum atomic E-state index is -0.310. The van der Waals surface area contributed by atoms with E-state index in [1.54, 1.807) is 12.1 Å². The topological polar surface area (TPSA) is 64.1 Å². The maximum Gasteiger partial charge on any atom is 0.265 e. The van der Waals surface area contributed by atoms with E-state index in [1.807, 2.05) is 6.92 Å². The Bertz CT molecular complexity index is 571. The van der Waals surface area contributed by atoms with E-state index in [2.05, 4.69) is 14.9 Å². The Labute approximate surface area is 119 Å². The van der Waals surface area contributed by atoms with E-state index < -0.39 is 0 Å². The number of halogens is 1. The molecule has 0 saturated carbocycles. The lowest BCUT2D eigenvalue weighted by Gasteiger charge is -2.07. The Morgan fingerprint density at radius 1 is 1.40 bits per heavy atom. The van der Waals surface area contributed by atoms with Gasteiger partial charge in [0.2, 0.25) is 0 Å². The molecule has 0 aliphatic rings. The van der Waals surface area contributed by atoms with Gasteiger partial charge in [0.15, 0.2) is 0 Å². The predicted octanol–water partition coefficient (Wildman–Crippen LogP) is 2.05. The van der Waals surface area contributed by atoms with Crippen LogP contribution in [0.4, 0.5) is 4.39 Å². The van der Waals surface area contributed by atoms with E-state index in [0.717, 1.165) is 11.5 Å². The van der Waals surface area contributed by atoms with Gasteiger partial charge in [-0.05, 0) is 42.2 Å². The third kappa shape index (κ3) is 3.74. The van der Waals surface area contributed by atoms with Gasteiger partial charge >= 0.3 is 0 Å². The Hall–Kier alpha value is -2.02.